The summed E-state index contributed by atoms with van der Waals surface area (Å²) in [6.45, 7) is 0.341. The monoisotopic (exact) mass is 337 g/mol. The molecule has 0 saturated carbocycles. The predicted octanol–water partition coefficient (Wildman–Crippen LogP) is 3.87. The van der Waals surface area contributed by atoms with Crippen LogP contribution in [0.3, 0.4) is 0 Å². The van der Waals surface area contributed by atoms with Gasteiger partial charge in [0.25, 0.3) is 5.91 Å². The van der Waals surface area contributed by atoms with Crippen molar-refractivity contribution in [2.45, 2.75) is 6.10 Å². The van der Waals surface area contributed by atoms with Crippen LogP contribution in [0.1, 0.15) is 22.0 Å². The SMILES string of the molecule is COc1c(Cl)cc2c(c1Cl)OC(c1ccccc1)CNC2=O. The molecule has 1 heterocycles. The average Bonchev–Trinajstić information content (AvgIpc) is 2.69. The van der Waals surface area contributed by atoms with Crippen LogP contribution in [0.15, 0.2) is 36.4 Å². The van der Waals surface area contributed by atoms with Crippen LogP contribution in [0.5, 0.6) is 11.5 Å². The first-order chi connectivity index (χ1) is 10.6. The minimum atomic E-state index is -0.338. The van der Waals surface area contributed by atoms with Gasteiger partial charge in [0.2, 0.25) is 0 Å². The number of carbonyl (C=O) groups excluding carboxylic acids is 1. The van der Waals surface area contributed by atoms with E-state index in [1.165, 1.54) is 13.2 Å². The van der Waals surface area contributed by atoms with Crippen LogP contribution >= 0.6 is 23.2 Å². The number of fused-ring (bicyclic) bond motifs is 1. The van der Waals surface area contributed by atoms with Crippen molar-refractivity contribution in [3.05, 3.63) is 57.6 Å². The Morgan fingerprint density at radius 1 is 1.27 bits per heavy atom. The van der Waals surface area contributed by atoms with E-state index >= 15 is 0 Å². The summed E-state index contributed by atoms with van der Waals surface area (Å²) in [4.78, 5) is 12.2. The van der Waals surface area contributed by atoms with Crippen LogP contribution in [0.4, 0.5) is 0 Å². The van der Waals surface area contributed by atoms with Crippen LogP contribution in [0, 0.1) is 0 Å². The number of nitrogens with one attached hydrogen (secondary N) is 1. The Hall–Kier alpha value is -1.91. The third-order valence-electron chi connectivity index (χ3n) is 3.46. The van der Waals surface area contributed by atoms with Gasteiger partial charge in [0, 0.05) is 0 Å². The van der Waals surface area contributed by atoms with E-state index in [9.17, 15) is 4.79 Å². The smallest absolute Gasteiger partial charge is 0.255 e. The summed E-state index contributed by atoms with van der Waals surface area (Å²) < 4.78 is 11.2. The van der Waals surface area contributed by atoms with E-state index in [1.807, 2.05) is 30.3 Å². The lowest BCUT2D eigenvalue weighted by molar-refractivity contribution is 0.0951. The van der Waals surface area contributed by atoms with Crippen molar-refractivity contribution in [2.24, 2.45) is 0 Å². The molecule has 2 aromatic carbocycles. The van der Waals surface area contributed by atoms with Gasteiger partial charge < -0.3 is 14.8 Å². The molecule has 1 unspecified atom stereocenters. The molecule has 0 fully saturated rings. The van der Waals surface area contributed by atoms with Crippen molar-refractivity contribution in [1.29, 1.82) is 0 Å². The number of methoxy groups -OCH3 is 1. The van der Waals surface area contributed by atoms with Gasteiger partial charge in [-0.05, 0) is 11.6 Å². The number of halogens is 2. The van der Waals surface area contributed by atoms with E-state index in [0.717, 1.165) is 5.56 Å². The molecule has 0 aromatic heterocycles. The summed E-state index contributed by atoms with van der Waals surface area (Å²) in [5, 5.41) is 3.28. The summed E-state index contributed by atoms with van der Waals surface area (Å²) in [6, 6.07) is 11.1. The highest BCUT2D eigenvalue weighted by atomic mass is 35.5. The van der Waals surface area contributed by atoms with Gasteiger partial charge in [0.15, 0.2) is 11.5 Å². The molecule has 4 nitrogen and oxygen atoms in total. The molecule has 6 heteroatoms. The molecule has 2 aromatic rings. The zero-order chi connectivity index (χ0) is 15.7. The highest BCUT2D eigenvalue weighted by molar-refractivity contribution is 6.39. The molecule has 22 heavy (non-hydrogen) atoms. The number of hydrogen-bond donors (Lipinski definition) is 1. The molecule has 0 radical (unpaired) electrons. The van der Waals surface area contributed by atoms with E-state index < -0.39 is 0 Å². The lowest BCUT2D eigenvalue weighted by atomic mass is 10.1. The van der Waals surface area contributed by atoms with Gasteiger partial charge >= 0.3 is 0 Å². The van der Waals surface area contributed by atoms with Crippen LogP contribution in [0.2, 0.25) is 10.0 Å². The molecule has 0 saturated heterocycles. The van der Waals surface area contributed by atoms with Crippen LogP contribution in [0.25, 0.3) is 0 Å². The first kappa shape index (κ1) is 15.0. The fourth-order valence-electron chi connectivity index (χ4n) is 2.37. The Balaban J connectivity index is 2.09. The quantitative estimate of drug-likeness (QED) is 0.904. The fraction of sp³-hybridized carbons (Fsp3) is 0.188. The molecule has 114 valence electrons. The highest BCUT2D eigenvalue weighted by Gasteiger charge is 2.28. The minimum Gasteiger partial charge on any atom is -0.493 e. The normalized spacial score (nSPS) is 17.0. The van der Waals surface area contributed by atoms with Crippen molar-refractivity contribution in [1.82, 2.24) is 5.32 Å². The second-order valence-electron chi connectivity index (χ2n) is 4.81. The van der Waals surface area contributed by atoms with Crippen molar-refractivity contribution in [3.63, 3.8) is 0 Å². The van der Waals surface area contributed by atoms with Gasteiger partial charge in [0.05, 0.1) is 24.2 Å². The zero-order valence-corrected chi connectivity index (χ0v) is 13.2. The third kappa shape index (κ3) is 2.60. The summed E-state index contributed by atoms with van der Waals surface area (Å²) in [7, 11) is 1.46. The number of carbonyl (C=O) groups is 1. The standard InChI is InChI=1S/C16H13Cl2NO3/c1-21-15-11(17)7-10-14(13(15)18)22-12(8-19-16(10)20)9-5-3-2-4-6-9/h2-7,12H,8H2,1H3,(H,19,20). The Morgan fingerprint density at radius 3 is 2.68 bits per heavy atom. The molecule has 1 atom stereocenters. The Labute approximate surface area is 137 Å². The van der Waals surface area contributed by atoms with Gasteiger partial charge in [-0.15, -0.1) is 0 Å². The molecule has 0 bridgehead atoms. The summed E-state index contributed by atoms with van der Waals surface area (Å²) >= 11 is 12.4. The lowest BCUT2D eigenvalue weighted by Gasteiger charge is -2.19. The molecule has 1 aliphatic rings. The zero-order valence-electron chi connectivity index (χ0n) is 11.7. The van der Waals surface area contributed by atoms with Crippen molar-refractivity contribution in [3.8, 4) is 11.5 Å². The number of ether oxygens (including phenoxy) is 2. The van der Waals surface area contributed by atoms with Gasteiger partial charge in [0.1, 0.15) is 11.1 Å². The van der Waals surface area contributed by atoms with Crippen LogP contribution in [-0.2, 0) is 0 Å². The van der Waals surface area contributed by atoms with Gasteiger partial charge in [-0.2, -0.15) is 0 Å². The van der Waals surface area contributed by atoms with E-state index in [-0.39, 0.29) is 27.8 Å². The minimum absolute atomic E-state index is 0.197. The van der Waals surface area contributed by atoms with Crippen LogP contribution < -0.4 is 14.8 Å². The Kier molecular flexibility index (Phi) is 4.14. The van der Waals surface area contributed by atoms with E-state index in [4.69, 9.17) is 32.7 Å². The number of amides is 1. The Morgan fingerprint density at radius 2 is 2.00 bits per heavy atom. The lowest BCUT2D eigenvalue weighted by Crippen LogP contribution is -2.26. The number of rotatable bonds is 2. The predicted molar refractivity (Wildman–Crippen MR) is 85.2 cm³/mol. The third-order valence-corrected chi connectivity index (χ3v) is 4.08. The van der Waals surface area contributed by atoms with Crippen molar-refractivity contribution >= 4 is 29.1 Å². The summed E-state index contributed by atoms with van der Waals surface area (Å²) in [5.41, 5.74) is 1.25. The average molecular weight is 338 g/mol. The van der Waals surface area contributed by atoms with Crippen LogP contribution in [-0.4, -0.2) is 19.6 Å². The highest BCUT2D eigenvalue weighted by Crippen LogP contribution is 2.44. The first-order valence-corrected chi connectivity index (χ1v) is 7.43. The maximum atomic E-state index is 12.2. The van der Waals surface area contributed by atoms with Crippen molar-refractivity contribution in [2.75, 3.05) is 13.7 Å². The molecule has 1 N–H and O–H groups in total. The maximum Gasteiger partial charge on any atom is 0.255 e. The van der Waals surface area contributed by atoms with E-state index in [2.05, 4.69) is 5.32 Å². The van der Waals surface area contributed by atoms with Gasteiger partial charge in [-0.3, -0.25) is 4.79 Å². The largest absolute Gasteiger partial charge is 0.493 e. The molecular formula is C16H13Cl2NO3. The molecule has 1 amide bonds. The van der Waals surface area contributed by atoms with Crippen molar-refractivity contribution < 1.29 is 14.3 Å². The molecule has 0 aliphatic carbocycles. The maximum absolute atomic E-state index is 12.2. The van der Waals surface area contributed by atoms with E-state index in [1.54, 1.807) is 0 Å². The molecule has 0 spiro atoms. The summed E-state index contributed by atoms with van der Waals surface area (Å²) in [6.07, 6.45) is -0.338. The molecule has 3 rings (SSSR count). The fourth-order valence-corrected chi connectivity index (χ4v) is 3.03. The second-order valence-corrected chi connectivity index (χ2v) is 5.59. The Bertz CT molecular complexity index is 719. The van der Waals surface area contributed by atoms with Gasteiger partial charge in [-0.25, -0.2) is 0 Å². The van der Waals surface area contributed by atoms with E-state index in [0.29, 0.717) is 17.9 Å². The summed E-state index contributed by atoms with van der Waals surface area (Å²) in [5.74, 6) is 0.301. The molecule has 1 aliphatic heterocycles. The number of benzene rings is 2. The van der Waals surface area contributed by atoms with Gasteiger partial charge in [-0.1, -0.05) is 53.5 Å². The second kappa shape index (κ2) is 6.07. The molecular weight excluding hydrogens is 325 g/mol. The number of hydrogen-bond acceptors (Lipinski definition) is 3. The topological polar surface area (TPSA) is 47.6 Å². The first-order valence-electron chi connectivity index (χ1n) is 6.67.